The molecule has 23 heavy (non-hydrogen) atoms. The van der Waals surface area contributed by atoms with Crippen LogP contribution in [0.2, 0.25) is 0 Å². The molecule has 6 heteroatoms. The molecule has 0 bridgehead atoms. The lowest BCUT2D eigenvalue weighted by Gasteiger charge is -2.38. The maximum Gasteiger partial charge on any atom is 0.312 e. The fourth-order valence-corrected chi connectivity index (χ4v) is 3.55. The molecule has 0 aliphatic carbocycles. The van der Waals surface area contributed by atoms with E-state index in [0.29, 0.717) is 19.7 Å². The number of piperidine rings is 1. The summed E-state index contributed by atoms with van der Waals surface area (Å²) in [5.41, 5.74) is 5.25. The molecule has 1 atom stereocenters. The fraction of sp³-hybridized carbons (Fsp3) is 0.529. The van der Waals surface area contributed by atoms with Gasteiger partial charge >= 0.3 is 6.03 Å². The summed E-state index contributed by atoms with van der Waals surface area (Å²) in [5.74, 6) is 0.0405. The zero-order valence-electron chi connectivity index (χ0n) is 13.2. The minimum Gasteiger partial charge on any atom is -0.360 e. The number of rotatable bonds is 3. The van der Waals surface area contributed by atoms with Crippen molar-refractivity contribution in [3.63, 3.8) is 0 Å². The molecule has 2 aliphatic rings. The Morgan fingerprint density at radius 2 is 1.91 bits per heavy atom. The van der Waals surface area contributed by atoms with Gasteiger partial charge in [-0.15, -0.1) is 0 Å². The van der Waals surface area contributed by atoms with Crippen molar-refractivity contribution in [1.29, 1.82) is 0 Å². The summed E-state index contributed by atoms with van der Waals surface area (Å²) >= 11 is 0. The first-order chi connectivity index (χ1) is 11.1. The molecule has 3 N–H and O–H groups in total. The van der Waals surface area contributed by atoms with Crippen molar-refractivity contribution in [1.82, 2.24) is 10.2 Å². The molecule has 3 rings (SSSR count). The summed E-state index contributed by atoms with van der Waals surface area (Å²) in [7, 11) is 0. The Labute approximate surface area is 136 Å². The van der Waals surface area contributed by atoms with E-state index in [1.807, 2.05) is 35.2 Å². The Balaban J connectivity index is 1.72. The van der Waals surface area contributed by atoms with Crippen LogP contribution < -0.4 is 11.1 Å². The van der Waals surface area contributed by atoms with Gasteiger partial charge in [-0.05, 0) is 31.2 Å². The van der Waals surface area contributed by atoms with Crippen LogP contribution in [0.1, 0.15) is 31.2 Å². The Hall–Kier alpha value is -2.08. The van der Waals surface area contributed by atoms with E-state index in [2.05, 4.69) is 5.32 Å². The molecule has 2 aliphatic heterocycles. The van der Waals surface area contributed by atoms with Crippen molar-refractivity contribution in [3.8, 4) is 0 Å². The first-order valence-corrected chi connectivity index (χ1v) is 8.17. The number of amides is 3. The second-order valence-electron chi connectivity index (χ2n) is 6.22. The Morgan fingerprint density at radius 3 is 2.48 bits per heavy atom. The number of nitrogens with two attached hydrogens (primary N) is 1. The molecule has 124 valence electrons. The van der Waals surface area contributed by atoms with E-state index < -0.39 is 11.6 Å². The van der Waals surface area contributed by atoms with E-state index in [9.17, 15) is 9.59 Å². The number of carbonyl (C=O) groups excluding carboxylic acids is 2. The van der Waals surface area contributed by atoms with Gasteiger partial charge < -0.3 is 20.7 Å². The molecular weight excluding hydrogens is 294 g/mol. The van der Waals surface area contributed by atoms with Crippen LogP contribution in [-0.4, -0.2) is 42.6 Å². The van der Waals surface area contributed by atoms with E-state index in [0.717, 1.165) is 31.2 Å². The highest BCUT2D eigenvalue weighted by Crippen LogP contribution is 2.38. The third kappa shape index (κ3) is 3.17. The molecule has 1 aromatic rings. The molecule has 3 amide bonds. The van der Waals surface area contributed by atoms with Crippen LogP contribution in [0.15, 0.2) is 30.3 Å². The van der Waals surface area contributed by atoms with Crippen molar-refractivity contribution in [3.05, 3.63) is 35.9 Å². The highest BCUT2D eigenvalue weighted by Gasteiger charge is 2.47. The van der Waals surface area contributed by atoms with E-state index in [4.69, 9.17) is 10.5 Å². The summed E-state index contributed by atoms with van der Waals surface area (Å²) in [6.45, 7) is 1.84. The van der Waals surface area contributed by atoms with Gasteiger partial charge in [-0.2, -0.15) is 0 Å². The van der Waals surface area contributed by atoms with Gasteiger partial charge in [-0.25, -0.2) is 4.79 Å². The van der Waals surface area contributed by atoms with Gasteiger partial charge in [0.15, 0.2) is 5.60 Å². The Morgan fingerprint density at radius 1 is 1.22 bits per heavy atom. The van der Waals surface area contributed by atoms with Crippen LogP contribution in [0.4, 0.5) is 4.79 Å². The molecule has 2 fully saturated rings. The van der Waals surface area contributed by atoms with Gasteiger partial charge in [0, 0.05) is 25.7 Å². The maximum absolute atomic E-state index is 13.1. The summed E-state index contributed by atoms with van der Waals surface area (Å²) in [6.07, 6.45) is 3.05. The van der Waals surface area contributed by atoms with Gasteiger partial charge in [-0.3, -0.25) is 4.79 Å². The highest BCUT2D eigenvalue weighted by molar-refractivity contribution is 5.87. The normalized spacial score (nSPS) is 25.3. The molecule has 2 heterocycles. The van der Waals surface area contributed by atoms with Crippen LogP contribution in [0.25, 0.3) is 0 Å². The quantitative estimate of drug-likeness (QED) is 0.882. The van der Waals surface area contributed by atoms with E-state index in [-0.39, 0.29) is 11.9 Å². The SMILES string of the molecule is NC(=O)NC1CCN(C(=O)[C@]2(c3ccccc3)CCCO2)CC1. The third-order valence-corrected chi connectivity index (χ3v) is 4.74. The highest BCUT2D eigenvalue weighted by atomic mass is 16.5. The molecular formula is C17H23N3O3. The largest absolute Gasteiger partial charge is 0.360 e. The average molecular weight is 317 g/mol. The number of urea groups is 1. The molecule has 1 aromatic carbocycles. The number of primary amides is 1. The molecule has 0 radical (unpaired) electrons. The lowest BCUT2D eigenvalue weighted by molar-refractivity contribution is -0.155. The summed E-state index contributed by atoms with van der Waals surface area (Å²) in [5, 5.41) is 2.72. The lowest BCUT2D eigenvalue weighted by Crippen LogP contribution is -2.53. The second-order valence-corrected chi connectivity index (χ2v) is 6.22. The van der Waals surface area contributed by atoms with Crippen LogP contribution in [0.3, 0.4) is 0 Å². The Bertz CT molecular complexity index is 562. The van der Waals surface area contributed by atoms with E-state index in [1.165, 1.54) is 0 Å². The first kappa shape index (κ1) is 15.8. The molecule has 0 unspecified atom stereocenters. The van der Waals surface area contributed by atoms with Crippen molar-refractivity contribution >= 4 is 11.9 Å². The molecule has 0 saturated carbocycles. The van der Waals surface area contributed by atoms with Crippen LogP contribution >= 0.6 is 0 Å². The number of nitrogens with zero attached hydrogens (tertiary/aromatic N) is 1. The van der Waals surface area contributed by atoms with E-state index >= 15 is 0 Å². The lowest BCUT2D eigenvalue weighted by atomic mass is 9.88. The number of hydrogen-bond acceptors (Lipinski definition) is 3. The number of likely N-dealkylation sites (tertiary alicyclic amines) is 1. The fourth-order valence-electron chi connectivity index (χ4n) is 3.55. The molecule has 0 spiro atoms. The number of ether oxygens (including phenoxy) is 1. The van der Waals surface area contributed by atoms with Gasteiger partial charge in [-0.1, -0.05) is 30.3 Å². The predicted octanol–water partition coefficient (Wildman–Crippen LogP) is 1.35. The number of nitrogens with one attached hydrogen (secondary N) is 1. The van der Waals surface area contributed by atoms with Crippen molar-refractivity contribution in [2.24, 2.45) is 5.73 Å². The van der Waals surface area contributed by atoms with Gasteiger partial charge in [0.05, 0.1) is 0 Å². The summed E-state index contributed by atoms with van der Waals surface area (Å²) in [4.78, 5) is 25.9. The van der Waals surface area contributed by atoms with Crippen molar-refractivity contribution in [2.75, 3.05) is 19.7 Å². The second kappa shape index (κ2) is 6.58. The predicted molar refractivity (Wildman–Crippen MR) is 85.6 cm³/mol. The van der Waals surface area contributed by atoms with Gasteiger partial charge in [0.1, 0.15) is 0 Å². The van der Waals surface area contributed by atoms with E-state index in [1.54, 1.807) is 0 Å². The van der Waals surface area contributed by atoms with Crippen molar-refractivity contribution in [2.45, 2.75) is 37.3 Å². The van der Waals surface area contributed by atoms with Crippen molar-refractivity contribution < 1.29 is 14.3 Å². The number of carbonyl (C=O) groups is 2. The molecule has 2 saturated heterocycles. The van der Waals surface area contributed by atoms with Crippen LogP contribution in [-0.2, 0) is 15.1 Å². The summed E-state index contributed by atoms with van der Waals surface area (Å²) < 4.78 is 5.95. The topological polar surface area (TPSA) is 84.7 Å². The van der Waals surface area contributed by atoms with Crippen LogP contribution in [0.5, 0.6) is 0 Å². The Kier molecular flexibility index (Phi) is 4.52. The average Bonchev–Trinajstić information content (AvgIpc) is 3.06. The maximum atomic E-state index is 13.1. The third-order valence-electron chi connectivity index (χ3n) is 4.74. The first-order valence-electron chi connectivity index (χ1n) is 8.17. The summed E-state index contributed by atoms with van der Waals surface area (Å²) in [6, 6.07) is 9.29. The standard InChI is InChI=1S/C17H23N3O3/c18-16(22)19-14-7-10-20(11-8-14)15(21)17(9-4-12-23-17)13-5-2-1-3-6-13/h1-3,5-6,14H,4,7-12H2,(H3,18,19,22)/t17-/m1/s1. The molecule has 0 aromatic heterocycles. The zero-order valence-corrected chi connectivity index (χ0v) is 13.2. The van der Waals surface area contributed by atoms with Gasteiger partial charge in [0.2, 0.25) is 0 Å². The zero-order chi connectivity index (χ0) is 16.3. The molecule has 6 nitrogen and oxygen atoms in total. The smallest absolute Gasteiger partial charge is 0.312 e. The number of benzene rings is 1. The van der Waals surface area contributed by atoms with Gasteiger partial charge in [0.25, 0.3) is 5.91 Å². The minimum absolute atomic E-state index is 0.0405. The number of hydrogen-bond donors (Lipinski definition) is 2. The minimum atomic E-state index is -0.842. The monoisotopic (exact) mass is 317 g/mol. The van der Waals surface area contributed by atoms with Crippen LogP contribution in [0, 0.1) is 0 Å².